The van der Waals surface area contributed by atoms with Crippen LogP contribution in [0.4, 0.5) is 16.5 Å². The predicted molar refractivity (Wildman–Crippen MR) is 95.3 cm³/mol. The molecule has 0 spiro atoms. The van der Waals surface area contributed by atoms with Gasteiger partial charge in [-0.15, -0.1) is 0 Å². The standard InChI is InChI=1S/C17H22N4O5/c1-11-10-19(16(22)26-17(2,3)4)7-8-20(11)15-18-13-9-12(21(23)24)5-6-14(13)25-15/h5-6,9,11H,7-8,10H2,1-4H3/t11-/m1/s1. The van der Waals surface area contributed by atoms with Gasteiger partial charge in [0, 0.05) is 37.8 Å². The van der Waals surface area contributed by atoms with E-state index in [4.69, 9.17) is 9.15 Å². The molecule has 1 amide bonds. The molecule has 1 fully saturated rings. The maximum absolute atomic E-state index is 12.2. The highest BCUT2D eigenvalue weighted by molar-refractivity contribution is 5.77. The number of rotatable bonds is 2. The van der Waals surface area contributed by atoms with Gasteiger partial charge in [-0.25, -0.2) is 4.79 Å². The number of anilines is 1. The van der Waals surface area contributed by atoms with Gasteiger partial charge in [-0.3, -0.25) is 10.1 Å². The molecule has 140 valence electrons. The van der Waals surface area contributed by atoms with Gasteiger partial charge < -0.3 is 19.0 Å². The predicted octanol–water partition coefficient (Wildman–Crippen LogP) is 3.18. The summed E-state index contributed by atoms with van der Waals surface area (Å²) in [6, 6.07) is 4.70. The van der Waals surface area contributed by atoms with Crippen LogP contribution in [0.3, 0.4) is 0 Å². The van der Waals surface area contributed by atoms with E-state index in [0.717, 1.165) is 0 Å². The third-order valence-electron chi connectivity index (χ3n) is 4.10. The Hall–Kier alpha value is -2.84. The fraction of sp³-hybridized carbons (Fsp3) is 0.529. The van der Waals surface area contributed by atoms with Gasteiger partial charge >= 0.3 is 6.09 Å². The molecule has 9 heteroatoms. The largest absolute Gasteiger partial charge is 0.444 e. The molecule has 1 atom stereocenters. The van der Waals surface area contributed by atoms with Crippen LogP contribution in [0.15, 0.2) is 22.6 Å². The second-order valence-corrected chi connectivity index (χ2v) is 7.37. The molecule has 2 aromatic rings. The van der Waals surface area contributed by atoms with Gasteiger partial charge in [0.1, 0.15) is 11.1 Å². The van der Waals surface area contributed by atoms with Crippen LogP contribution in [0, 0.1) is 10.1 Å². The van der Waals surface area contributed by atoms with E-state index >= 15 is 0 Å². The molecule has 0 saturated carbocycles. The highest BCUT2D eigenvalue weighted by atomic mass is 16.6. The minimum atomic E-state index is -0.535. The fourth-order valence-corrected chi connectivity index (χ4v) is 2.87. The SMILES string of the molecule is C[C@@H]1CN(C(=O)OC(C)(C)C)CCN1c1nc2cc([N+](=O)[O-])ccc2o1. The number of fused-ring (bicyclic) bond motifs is 1. The first-order valence-electron chi connectivity index (χ1n) is 8.43. The normalized spacial score (nSPS) is 18.2. The summed E-state index contributed by atoms with van der Waals surface area (Å²) in [5.74, 6) is 0. The van der Waals surface area contributed by atoms with Gasteiger partial charge in [0.2, 0.25) is 0 Å². The van der Waals surface area contributed by atoms with Gasteiger partial charge in [-0.05, 0) is 33.8 Å². The molecule has 9 nitrogen and oxygen atoms in total. The van der Waals surface area contributed by atoms with Crippen LogP contribution >= 0.6 is 0 Å². The number of piperazine rings is 1. The topological polar surface area (TPSA) is 102 Å². The maximum Gasteiger partial charge on any atom is 0.410 e. The molecule has 0 radical (unpaired) electrons. The Bertz CT molecular complexity index is 841. The Morgan fingerprint density at radius 1 is 1.38 bits per heavy atom. The number of aromatic nitrogens is 1. The minimum Gasteiger partial charge on any atom is -0.444 e. The van der Waals surface area contributed by atoms with Crippen molar-refractivity contribution in [3.8, 4) is 0 Å². The molecule has 3 rings (SSSR count). The Labute approximate surface area is 150 Å². The molecule has 0 bridgehead atoms. The van der Waals surface area contributed by atoms with Crippen molar-refractivity contribution in [2.45, 2.75) is 39.3 Å². The van der Waals surface area contributed by atoms with Crippen molar-refractivity contribution in [2.24, 2.45) is 0 Å². The lowest BCUT2D eigenvalue weighted by atomic mass is 10.2. The van der Waals surface area contributed by atoms with Crippen LogP contribution in [-0.4, -0.2) is 52.2 Å². The van der Waals surface area contributed by atoms with E-state index < -0.39 is 10.5 Å². The highest BCUT2D eigenvalue weighted by Gasteiger charge is 2.32. The van der Waals surface area contributed by atoms with Crippen molar-refractivity contribution in [1.29, 1.82) is 0 Å². The number of hydrogen-bond acceptors (Lipinski definition) is 7. The molecule has 0 N–H and O–H groups in total. The number of benzene rings is 1. The van der Waals surface area contributed by atoms with E-state index in [-0.39, 0.29) is 17.8 Å². The van der Waals surface area contributed by atoms with Crippen LogP contribution in [-0.2, 0) is 4.74 Å². The summed E-state index contributed by atoms with van der Waals surface area (Å²) in [7, 11) is 0. The number of amides is 1. The number of carbonyl (C=O) groups excluding carboxylic acids is 1. The van der Waals surface area contributed by atoms with Crippen molar-refractivity contribution in [2.75, 3.05) is 24.5 Å². The van der Waals surface area contributed by atoms with Gasteiger partial charge in [0.15, 0.2) is 5.58 Å². The zero-order valence-corrected chi connectivity index (χ0v) is 15.3. The second-order valence-electron chi connectivity index (χ2n) is 7.37. The number of non-ortho nitro benzene ring substituents is 1. The molecular formula is C17H22N4O5. The molecule has 0 aliphatic carbocycles. The highest BCUT2D eigenvalue weighted by Crippen LogP contribution is 2.28. The van der Waals surface area contributed by atoms with Crippen LogP contribution < -0.4 is 4.90 Å². The average molecular weight is 362 g/mol. The first-order valence-corrected chi connectivity index (χ1v) is 8.43. The van der Waals surface area contributed by atoms with E-state index in [1.54, 1.807) is 11.0 Å². The molecule has 1 saturated heterocycles. The van der Waals surface area contributed by atoms with Crippen LogP contribution in [0.1, 0.15) is 27.7 Å². The number of nitrogens with zero attached hydrogens (tertiary/aromatic N) is 4. The van der Waals surface area contributed by atoms with Crippen LogP contribution in [0.2, 0.25) is 0 Å². The van der Waals surface area contributed by atoms with Crippen molar-refractivity contribution < 1.29 is 18.9 Å². The first kappa shape index (κ1) is 18.0. The quantitative estimate of drug-likeness (QED) is 0.597. The Morgan fingerprint density at radius 2 is 2.12 bits per heavy atom. The number of nitro benzene ring substituents is 1. The van der Waals surface area contributed by atoms with E-state index in [0.29, 0.717) is 36.7 Å². The molecule has 1 aliphatic heterocycles. The average Bonchev–Trinajstić information content (AvgIpc) is 2.95. The maximum atomic E-state index is 12.2. The van der Waals surface area contributed by atoms with Gasteiger partial charge in [-0.1, -0.05) is 0 Å². The van der Waals surface area contributed by atoms with Crippen molar-refractivity contribution in [3.05, 3.63) is 28.3 Å². The van der Waals surface area contributed by atoms with Crippen LogP contribution in [0.25, 0.3) is 11.1 Å². The van der Waals surface area contributed by atoms with E-state index in [1.165, 1.54) is 12.1 Å². The molecule has 2 heterocycles. The lowest BCUT2D eigenvalue weighted by Crippen LogP contribution is -2.54. The number of nitro groups is 1. The Morgan fingerprint density at radius 3 is 2.73 bits per heavy atom. The summed E-state index contributed by atoms with van der Waals surface area (Å²) in [4.78, 5) is 30.7. The Balaban J connectivity index is 1.74. The van der Waals surface area contributed by atoms with E-state index in [2.05, 4.69) is 4.98 Å². The number of ether oxygens (including phenoxy) is 1. The minimum absolute atomic E-state index is 0.0276. The smallest absolute Gasteiger partial charge is 0.410 e. The summed E-state index contributed by atoms with van der Waals surface area (Å²) in [6.07, 6.45) is -0.336. The second kappa shape index (κ2) is 6.47. The monoisotopic (exact) mass is 362 g/mol. The molecule has 1 aliphatic rings. The summed E-state index contributed by atoms with van der Waals surface area (Å²) < 4.78 is 11.2. The molecular weight excluding hydrogens is 340 g/mol. The van der Waals surface area contributed by atoms with Crippen molar-refractivity contribution in [1.82, 2.24) is 9.88 Å². The Kier molecular flexibility index (Phi) is 4.47. The summed E-state index contributed by atoms with van der Waals surface area (Å²) in [5.41, 5.74) is 0.371. The first-order chi connectivity index (χ1) is 12.1. The van der Waals surface area contributed by atoms with Gasteiger partial charge in [0.05, 0.1) is 4.92 Å². The number of oxazole rings is 1. The number of hydrogen-bond donors (Lipinski definition) is 0. The molecule has 26 heavy (non-hydrogen) atoms. The summed E-state index contributed by atoms with van der Waals surface area (Å²) >= 11 is 0. The van der Waals surface area contributed by atoms with Crippen molar-refractivity contribution >= 4 is 28.9 Å². The van der Waals surface area contributed by atoms with Gasteiger partial charge in [0.25, 0.3) is 11.7 Å². The fourth-order valence-electron chi connectivity index (χ4n) is 2.87. The van der Waals surface area contributed by atoms with Crippen molar-refractivity contribution in [3.63, 3.8) is 0 Å². The summed E-state index contributed by atoms with van der Waals surface area (Å²) in [6.45, 7) is 8.97. The zero-order chi connectivity index (χ0) is 19.1. The van der Waals surface area contributed by atoms with Gasteiger partial charge in [-0.2, -0.15) is 4.98 Å². The zero-order valence-electron chi connectivity index (χ0n) is 15.3. The summed E-state index contributed by atoms with van der Waals surface area (Å²) in [5, 5.41) is 10.9. The van der Waals surface area contributed by atoms with E-state index in [9.17, 15) is 14.9 Å². The third-order valence-corrected chi connectivity index (χ3v) is 4.10. The molecule has 1 aromatic heterocycles. The number of carbonyl (C=O) groups is 1. The van der Waals surface area contributed by atoms with E-state index in [1.807, 2.05) is 32.6 Å². The lowest BCUT2D eigenvalue weighted by molar-refractivity contribution is -0.384. The third kappa shape index (κ3) is 3.71. The lowest BCUT2D eigenvalue weighted by Gasteiger charge is -2.39. The molecule has 0 unspecified atom stereocenters. The van der Waals surface area contributed by atoms with Crippen LogP contribution in [0.5, 0.6) is 0 Å². The molecule has 1 aromatic carbocycles.